The molecule has 2 unspecified atom stereocenters. The van der Waals surface area contributed by atoms with E-state index in [9.17, 15) is 19.4 Å². The van der Waals surface area contributed by atoms with Crippen LogP contribution in [-0.2, 0) is 10.2 Å². The fraction of sp³-hybridized carbons (Fsp3) is 0.417. The Hall–Kier alpha value is -1.42. The number of carboxylic acids is 1. The topological polar surface area (TPSA) is 57.5 Å². The summed E-state index contributed by atoms with van der Waals surface area (Å²) in [6, 6.07) is 5.63. The summed E-state index contributed by atoms with van der Waals surface area (Å²) in [5.74, 6) is -1.44. The van der Waals surface area contributed by atoms with Crippen LogP contribution in [0.2, 0.25) is 0 Å². The van der Waals surface area contributed by atoms with Gasteiger partial charge in [0, 0.05) is 0 Å². The van der Waals surface area contributed by atoms with Crippen molar-refractivity contribution in [1.29, 1.82) is 0 Å². The molecule has 0 heterocycles. The van der Waals surface area contributed by atoms with Crippen molar-refractivity contribution in [3.8, 4) is 0 Å². The number of aliphatic carboxylic acids is 1. The molecule has 2 N–H and O–H groups in total. The Labute approximate surface area is 92.5 Å². The number of halogens is 1. The summed E-state index contributed by atoms with van der Waals surface area (Å²) < 4.78 is 13.1. The highest BCUT2D eigenvalue weighted by Crippen LogP contribution is 2.41. The second-order valence-electron chi connectivity index (χ2n) is 4.29. The maximum Gasteiger partial charge on any atom is 0.314 e. The molecule has 1 aromatic carbocycles. The third-order valence-corrected chi connectivity index (χ3v) is 3.28. The van der Waals surface area contributed by atoms with Crippen molar-refractivity contribution < 1.29 is 19.4 Å². The van der Waals surface area contributed by atoms with Gasteiger partial charge in [-0.15, -0.1) is 0 Å². The molecule has 1 aliphatic carbocycles. The predicted octanol–water partition coefficient (Wildman–Crippen LogP) is 1.69. The van der Waals surface area contributed by atoms with Crippen LogP contribution in [-0.4, -0.2) is 22.3 Å². The molecule has 0 amide bonds. The number of carboxylic acid groups (broad SMARTS) is 1. The van der Waals surface area contributed by atoms with E-state index in [1.54, 1.807) is 6.07 Å². The van der Waals surface area contributed by atoms with E-state index in [1.807, 2.05) is 0 Å². The van der Waals surface area contributed by atoms with Crippen LogP contribution >= 0.6 is 0 Å². The normalized spacial score (nSPS) is 29.2. The first-order valence-corrected chi connectivity index (χ1v) is 5.22. The summed E-state index contributed by atoms with van der Waals surface area (Å²) in [6.07, 6.45) is 0.348. The van der Waals surface area contributed by atoms with E-state index in [4.69, 9.17) is 0 Å². The molecular weight excluding hydrogens is 211 g/mol. The Morgan fingerprint density at radius 3 is 2.75 bits per heavy atom. The van der Waals surface area contributed by atoms with Gasteiger partial charge in [0.15, 0.2) is 0 Å². The van der Waals surface area contributed by atoms with Crippen LogP contribution in [0.5, 0.6) is 0 Å². The van der Waals surface area contributed by atoms with Crippen molar-refractivity contribution in [2.75, 3.05) is 0 Å². The van der Waals surface area contributed by atoms with Gasteiger partial charge in [0.25, 0.3) is 0 Å². The zero-order valence-corrected chi connectivity index (χ0v) is 8.69. The lowest BCUT2D eigenvalue weighted by atomic mass is 9.79. The van der Waals surface area contributed by atoms with Crippen molar-refractivity contribution >= 4 is 5.97 Å². The average molecular weight is 224 g/mol. The molecule has 0 bridgehead atoms. The third-order valence-electron chi connectivity index (χ3n) is 3.28. The molecule has 1 aromatic rings. The Morgan fingerprint density at radius 1 is 1.50 bits per heavy atom. The number of hydrogen-bond acceptors (Lipinski definition) is 2. The highest BCUT2D eigenvalue weighted by molar-refractivity contribution is 5.82. The van der Waals surface area contributed by atoms with Gasteiger partial charge in [0.05, 0.1) is 11.5 Å². The van der Waals surface area contributed by atoms with Gasteiger partial charge in [-0.05, 0) is 37.0 Å². The van der Waals surface area contributed by atoms with Gasteiger partial charge in [-0.3, -0.25) is 4.79 Å². The fourth-order valence-electron chi connectivity index (χ4n) is 2.39. The molecule has 86 valence electrons. The Morgan fingerprint density at radius 2 is 2.25 bits per heavy atom. The minimum Gasteiger partial charge on any atom is -0.481 e. The lowest BCUT2D eigenvalue weighted by Crippen LogP contribution is -2.33. The highest BCUT2D eigenvalue weighted by Gasteiger charge is 2.46. The van der Waals surface area contributed by atoms with E-state index in [-0.39, 0.29) is 6.42 Å². The summed E-state index contributed by atoms with van der Waals surface area (Å²) in [5.41, 5.74) is -0.682. The number of carbonyl (C=O) groups is 1. The van der Waals surface area contributed by atoms with E-state index in [0.29, 0.717) is 18.4 Å². The van der Waals surface area contributed by atoms with Crippen molar-refractivity contribution in [3.05, 3.63) is 35.6 Å². The molecule has 1 aliphatic rings. The van der Waals surface area contributed by atoms with Crippen LogP contribution in [0.3, 0.4) is 0 Å². The second-order valence-corrected chi connectivity index (χ2v) is 4.29. The van der Waals surface area contributed by atoms with Crippen molar-refractivity contribution in [2.45, 2.75) is 30.8 Å². The van der Waals surface area contributed by atoms with E-state index in [0.717, 1.165) is 0 Å². The summed E-state index contributed by atoms with van der Waals surface area (Å²) in [6.45, 7) is 0. The van der Waals surface area contributed by atoms with Gasteiger partial charge in [-0.2, -0.15) is 0 Å². The first-order valence-electron chi connectivity index (χ1n) is 5.22. The van der Waals surface area contributed by atoms with Crippen molar-refractivity contribution in [3.63, 3.8) is 0 Å². The van der Waals surface area contributed by atoms with Crippen LogP contribution in [0.25, 0.3) is 0 Å². The summed E-state index contributed by atoms with van der Waals surface area (Å²) >= 11 is 0. The molecule has 2 rings (SSSR count). The molecule has 16 heavy (non-hydrogen) atoms. The number of benzene rings is 1. The van der Waals surface area contributed by atoms with Crippen LogP contribution in [0.15, 0.2) is 24.3 Å². The van der Waals surface area contributed by atoms with Gasteiger partial charge in [0.2, 0.25) is 0 Å². The number of aliphatic hydroxyl groups is 1. The lowest BCUT2D eigenvalue weighted by Gasteiger charge is -2.24. The Balaban J connectivity index is 2.45. The number of hydrogen-bond donors (Lipinski definition) is 2. The molecule has 4 heteroatoms. The molecule has 3 nitrogen and oxygen atoms in total. The van der Waals surface area contributed by atoms with Gasteiger partial charge >= 0.3 is 5.97 Å². The van der Waals surface area contributed by atoms with Gasteiger partial charge in [-0.25, -0.2) is 4.39 Å². The van der Waals surface area contributed by atoms with Crippen LogP contribution in [0.1, 0.15) is 24.8 Å². The maximum atomic E-state index is 13.1. The van der Waals surface area contributed by atoms with Gasteiger partial charge < -0.3 is 10.2 Å². The third kappa shape index (κ3) is 1.69. The quantitative estimate of drug-likeness (QED) is 0.803. The number of aliphatic hydroxyl groups excluding tert-OH is 1. The van der Waals surface area contributed by atoms with Gasteiger partial charge in [-0.1, -0.05) is 12.1 Å². The van der Waals surface area contributed by atoms with E-state index in [1.165, 1.54) is 18.2 Å². The lowest BCUT2D eigenvalue weighted by molar-refractivity contribution is -0.144. The largest absolute Gasteiger partial charge is 0.481 e. The zero-order chi connectivity index (χ0) is 11.8. The Bertz CT molecular complexity index is 418. The van der Waals surface area contributed by atoms with E-state index in [2.05, 4.69) is 0 Å². The SMILES string of the molecule is O=C(O)C1(c2cccc(F)c2)CCC(O)C1. The smallest absolute Gasteiger partial charge is 0.314 e. The zero-order valence-electron chi connectivity index (χ0n) is 8.69. The molecule has 0 saturated heterocycles. The molecular formula is C12H13FO3. The van der Waals surface area contributed by atoms with Crippen molar-refractivity contribution in [2.24, 2.45) is 0 Å². The minimum atomic E-state index is -1.12. The van der Waals surface area contributed by atoms with Crippen LogP contribution in [0, 0.1) is 5.82 Å². The van der Waals surface area contributed by atoms with Crippen LogP contribution in [0.4, 0.5) is 4.39 Å². The predicted molar refractivity (Wildman–Crippen MR) is 55.6 cm³/mol. The molecule has 1 saturated carbocycles. The second kappa shape index (κ2) is 3.87. The standard InChI is InChI=1S/C12H13FO3/c13-9-3-1-2-8(6-9)12(11(15)16)5-4-10(14)7-12/h1-3,6,10,14H,4-5,7H2,(H,15,16). The Kier molecular flexibility index (Phi) is 2.68. The molecule has 0 spiro atoms. The highest BCUT2D eigenvalue weighted by atomic mass is 19.1. The molecule has 2 atom stereocenters. The summed E-state index contributed by atoms with van der Waals surface area (Å²) in [4.78, 5) is 11.3. The van der Waals surface area contributed by atoms with Crippen LogP contribution < -0.4 is 0 Å². The molecule has 0 radical (unpaired) electrons. The summed E-state index contributed by atoms with van der Waals surface area (Å²) in [7, 11) is 0. The minimum absolute atomic E-state index is 0.159. The molecule has 0 aliphatic heterocycles. The van der Waals surface area contributed by atoms with E-state index >= 15 is 0 Å². The first-order chi connectivity index (χ1) is 7.54. The monoisotopic (exact) mass is 224 g/mol. The molecule has 0 aromatic heterocycles. The van der Waals surface area contributed by atoms with E-state index < -0.39 is 23.3 Å². The molecule has 1 fully saturated rings. The average Bonchev–Trinajstić information content (AvgIpc) is 2.62. The number of rotatable bonds is 2. The van der Waals surface area contributed by atoms with Crippen molar-refractivity contribution in [1.82, 2.24) is 0 Å². The first kappa shape index (κ1) is 11.1. The fourth-order valence-corrected chi connectivity index (χ4v) is 2.39. The maximum absolute atomic E-state index is 13.1. The summed E-state index contributed by atoms with van der Waals surface area (Å²) in [5, 5.41) is 18.8. The van der Waals surface area contributed by atoms with Gasteiger partial charge in [0.1, 0.15) is 5.82 Å².